The van der Waals surface area contributed by atoms with E-state index in [-0.39, 0.29) is 11.7 Å². The standard InChI is InChI=1S/C19H23FN2O/c1-15-4-2-3-5-17(15)14-22-19(23)11-13-21-12-10-16-6-8-18(20)9-7-16/h2-9,21H,10-14H2,1H3,(H,22,23). The first-order chi connectivity index (χ1) is 11.1. The summed E-state index contributed by atoms with van der Waals surface area (Å²) in [6, 6.07) is 14.5. The maximum Gasteiger partial charge on any atom is 0.221 e. The van der Waals surface area contributed by atoms with Crippen molar-refractivity contribution in [1.29, 1.82) is 0 Å². The summed E-state index contributed by atoms with van der Waals surface area (Å²) in [7, 11) is 0. The van der Waals surface area contributed by atoms with Crippen LogP contribution < -0.4 is 10.6 Å². The number of nitrogens with one attached hydrogen (secondary N) is 2. The zero-order chi connectivity index (χ0) is 16.5. The Labute approximate surface area is 136 Å². The fourth-order valence-corrected chi connectivity index (χ4v) is 2.30. The third-order valence-electron chi connectivity index (χ3n) is 3.77. The van der Waals surface area contributed by atoms with Gasteiger partial charge in [0.25, 0.3) is 0 Å². The van der Waals surface area contributed by atoms with Gasteiger partial charge in [0.1, 0.15) is 5.82 Å². The van der Waals surface area contributed by atoms with Gasteiger partial charge in [0.2, 0.25) is 5.91 Å². The average Bonchev–Trinajstić information content (AvgIpc) is 2.55. The van der Waals surface area contributed by atoms with Gasteiger partial charge >= 0.3 is 0 Å². The Morgan fingerprint density at radius 2 is 1.78 bits per heavy atom. The Morgan fingerprint density at radius 1 is 1.04 bits per heavy atom. The molecule has 1 amide bonds. The van der Waals surface area contributed by atoms with Gasteiger partial charge in [0.05, 0.1) is 0 Å². The molecule has 0 radical (unpaired) electrons. The maximum absolute atomic E-state index is 12.8. The lowest BCUT2D eigenvalue weighted by atomic mass is 10.1. The molecule has 0 aliphatic carbocycles. The maximum atomic E-state index is 12.8. The Balaban J connectivity index is 1.58. The zero-order valence-corrected chi connectivity index (χ0v) is 13.4. The molecule has 2 rings (SSSR count). The van der Waals surface area contributed by atoms with Crippen molar-refractivity contribution in [3.63, 3.8) is 0 Å². The van der Waals surface area contributed by atoms with Crippen molar-refractivity contribution in [2.45, 2.75) is 26.3 Å². The van der Waals surface area contributed by atoms with Crippen LogP contribution in [0.3, 0.4) is 0 Å². The molecule has 0 heterocycles. The highest BCUT2D eigenvalue weighted by Crippen LogP contribution is 2.06. The Kier molecular flexibility index (Phi) is 6.76. The quantitative estimate of drug-likeness (QED) is 0.736. The molecular formula is C19H23FN2O. The van der Waals surface area contributed by atoms with Gasteiger partial charge < -0.3 is 10.6 Å². The third kappa shape index (κ3) is 6.20. The number of hydrogen-bond donors (Lipinski definition) is 2. The van der Waals surface area contributed by atoms with Crippen molar-refractivity contribution in [3.8, 4) is 0 Å². The topological polar surface area (TPSA) is 41.1 Å². The fraction of sp³-hybridized carbons (Fsp3) is 0.316. The van der Waals surface area contributed by atoms with Crippen LogP contribution >= 0.6 is 0 Å². The zero-order valence-electron chi connectivity index (χ0n) is 13.4. The lowest BCUT2D eigenvalue weighted by Crippen LogP contribution is -2.28. The summed E-state index contributed by atoms with van der Waals surface area (Å²) in [6.45, 7) is 4.02. The molecule has 0 aliphatic heterocycles. The molecule has 0 aromatic heterocycles. The van der Waals surface area contributed by atoms with Gasteiger partial charge in [-0.25, -0.2) is 4.39 Å². The van der Waals surface area contributed by atoms with Crippen molar-refractivity contribution in [1.82, 2.24) is 10.6 Å². The minimum Gasteiger partial charge on any atom is -0.352 e. The van der Waals surface area contributed by atoms with Gasteiger partial charge in [-0.3, -0.25) is 4.79 Å². The number of halogens is 1. The van der Waals surface area contributed by atoms with Crippen molar-refractivity contribution < 1.29 is 9.18 Å². The largest absolute Gasteiger partial charge is 0.352 e. The Morgan fingerprint density at radius 3 is 2.52 bits per heavy atom. The van der Waals surface area contributed by atoms with Gasteiger partial charge in [-0.1, -0.05) is 36.4 Å². The number of rotatable bonds is 8. The van der Waals surface area contributed by atoms with Crippen molar-refractivity contribution >= 4 is 5.91 Å². The van der Waals surface area contributed by atoms with Gasteiger partial charge in [-0.2, -0.15) is 0 Å². The molecule has 0 aliphatic rings. The summed E-state index contributed by atoms with van der Waals surface area (Å²) in [6.07, 6.45) is 1.28. The van der Waals surface area contributed by atoms with Gasteiger partial charge in [0, 0.05) is 19.5 Å². The van der Waals surface area contributed by atoms with E-state index in [9.17, 15) is 9.18 Å². The minimum atomic E-state index is -0.216. The van der Waals surface area contributed by atoms with Crippen molar-refractivity contribution in [2.75, 3.05) is 13.1 Å². The van der Waals surface area contributed by atoms with Gasteiger partial charge in [-0.05, 0) is 48.7 Å². The van der Waals surface area contributed by atoms with E-state index in [4.69, 9.17) is 0 Å². The fourth-order valence-electron chi connectivity index (χ4n) is 2.30. The third-order valence-corrected chi connectivity index (χ3v) is 3.77. The summed E-state index contributed by atoms with van der Waals surface area (Å²) >= 11 is 0. The Hall–Kier alpha value is -2.20. The minimum absolute atomic E-state index is 0.0440. The van der Waals surface area contributed by atoms with Crippen LogP contribution in [-0.4, -0.2) is 19.0 Å². The number of benzene rings is 2. The summed E-state index contributed by atoms with van der Waals surface area (Å²) in [5, 5.41) is 6.17. The second-order valence-corrected chi connectivity index (χ2v) is 5.58. The van der Waals surface area contributed by atoms with E-state index in [2.05, 4.69) is 10.6 Å². The molecule has 0 unspecified atom stereocenters. The summed E-state index contributed by atoms with van der Waals surface area (Å²) in [5.41, 5.74) is 3.42. The predicted molar refractivity (Wildman–Crippen MR) is 90.6 cm³/mol. The SMILES string of the molecule is Cc1ccccc1CNC(=O)CCNCCc1ccc(F)cc1. The van der Waals surface area contributed by atoms with E-state index >= 15 is 0 Å². The van der Waals surface area contributed by atoms with Crippen molar-refractivity contribution in [2.24, 2.45) is 0 Å². The molecule has 2 aromatic rings. The molecule has 0 fully saturated rings. The van der Waals surface area contributed by atoms with Crippen LogP contribution in [0.2, 0.25) is 0 Å². The van der Waals surface area contributed by atoms with Crippen LogP contribution in [0.15, 0.2) is 48.5 Å². The monoisotopic (exact) mass is 314 g/mol. The lowest BCUT2D eigenvalue weighted by Gasteiger charge is -2.08. The first-order valence-electron chi connectivity index (χ1n) is 7.91. The highest BCUT2D eigenvalue weighted by atomic mass is 19.1. The van der Waals surface area contributed by atoms with E-state index in [0.717, 1.165) is 24.1 Å². The number of aryl methyl sites for hydroxylation is 1. The van der Waals surface area contributed by atoms with Crippen molar-refractivity contribution in [3.05, 3.63) is 71.0 Å². The summed E-state index contributed by atoms with van der Waals surface area (Å²) in [4.78, 5) is 11.8. The highest BCUT2D eigenvalue weighted by Gasteiger charge is 2.02. The molecule has 0 saturated heterocycles. The average molecular weight is 314 g/mol. The molecule has 122 valence electrons. The van der Waals surface area contributed by atoms with Crippen LogP contribution in [0.4, 0.5) is 4.39 Å². The lowest BCUT2D eigenvalue weighted by molar-refractivity contribution is -0.121. The normalized spacial score (nSPS) is 10.5. The smallest absolute Gasteiger partial charge is 0.221 e. The number of carbonyl (C=O) groups excluding carboxylic acids is 1. The molecule has 2 N–H and O–H groups in total. The van der Waals surface area contributed by atoms with Gasteiger partial charge in [0.15, 0.2) is 0 Å². The Bertz CT molecular complexity index is 626. The van der Waals surface area contributed by atoms with Crippen LogP contribution in [0, 0.1) is 12.7 Å². The van der Waals surface area contributed by atoms with Crippen LogP contribution in [-0.2, 0) is 17.8 Å². The molecule has 0 atom stereocenters. The molecule has 23 heavy (non-hydrogen) atoms. The number of amides is 1. The predicted octanol–water partition coefficient (Wildman–Crippen LogP) is 2.97. The number of hydrogen-bond acceptors (Lipinski definition) is 2. The molecule has 2 aromatic carbocycles. The molecular weight excluding hydrogens is 291 g/mol. The van der Waals surface area contributed by atoms with Crippen LogP contribution in [0.25, 0.3) is 0 Å². The first-order valence-corrected chi connectivity index (χ1v) is 7.91. The summed E-state index contributed by atoms with van der Waals surface area (Å²) < 4.78 is 12.8. The summed E-state index contributed by atoms with van der Waals surface area (Å²) in [5.74, 6) is -0.172. The molecule has 4 heteroatoms. The molecule has 0 bridgehead atoms. The van der Waals surface area contributed by atoms with E-state index in [1.165, 1.54) is 17.7 Å². The molecule has 0 saturated carbocycles. The van der Waals surface area contributed by atoms with Gasteiger partial charge in [-0.15, -0.1) is 0 Å². The van der Waals surface area contributed by atoms with E-state index in [1.54, 1.807) is 12.1 Å². The first kappa shape index (κ1) is 17.2. The second-order valence-electron chi connectivity index (χ2n) is 5.58. The highest BCUT2D eigenvalue weighted by molar-refractivity contribution is 5.76. The van der Waals surface area contributed by atoms with Crippen LogP contribution in [0.5, 0.6) is 0 Å². The van der Waals surface area contributed by atoms with E-state index in [1.807, 2.05) is 31.2 Å². The van der Waals surface area contributed by atoms with E-state index < -0.39 is 0 Å². The second kappa shape index (κ2) is 9.06. The van der Waals surface area contributed by atoms with Crippen LogP contribution in [0.1, 0.15) is 23.1 Å². The number of carbonyl (C=O) groups is 1. The van der Waals surface area contributed by atoms with E-state index in [0.29, 0.717) is 19.5 Å². The molecule has 3 nitrogen and oxygen atoms in total. The molecule has 0 spiro atoms.